The first-order chi connectivity index (χ1) is 5.86. The molecule has 0 aromatic rings. The molecule has 0 radical (unpaired) electrons. The SMILES string of the molecule is O=C(CC(O)C(=O)N(O)O)N(O)O. The summed E-state index contributed by atoms with van der Waals surface area (Å²) >= 11 is 0. The Morgan fingerprint density at radius 1 is 1.08 bits per heavy atom. The predicted molar refractivity (Wildman–Crippen MR) is 31.5 cm³/mol. The van der Waals surface area contributed by atoms with Crippen molar-refractivity contribution in [3.05, 3.63) is 0 Å². The number of aliphatic hydroxyl groups is 1. The van der Waals surface area contributed by atoms with Crippen molar-refractivity contribution in [2.75, 3.05) is 0 Å². The molecule has 2 amide bonds. The zero-order valence-electron chi connectivity index (χ0n) is 6.23. The Hall–Kier alpha value is -1.26. The van der Waals surface area contributed by atoms with Gasteiger partial charge in [-0.3, -0.25) is 30.4 Å². The van der Waals surface area contributed by atoms with Crippen molar-refractivity contribution in [1.29, 1.82) is 0 Å². The Balaban J connectivity index is 4.08. The fourth-order valence-corrected chi connectivity index (χ4v) is 0.468. The minimum absolute atomic E-state index is 0.824. The Bertz CT molecular complexity index is 203. The Morgan fingerprint density at radius 3 is 1.85 bits per heavy atom. The first-order valence-corrected chi connectivity index (χ1v) is 2.96. The van der Waals surface area contributed by atoms with Gasteiger partial charge in [-0.15, -0.1) is 0 Å². The summed E-state index contributed by atoms with van der Waals surface area (Å²) in [6.07, 6.45) is -3.03. The Morgan fingerprint density at radius 2 is 1.54 bits per heavy atom. The van der Waals surface area contributed by atoms with Crippen LogP contribution in [0.2, 0.25) is 0 Å². The van der Waals surface area contributed by atoms with Crippen molar-refractivity contribution in [3.63, 3.8) is 0 Å². The lowest BCUT2D eigenvalue weighted by molar-refractivity contribution is -0.294. The van der Waals surface area contributed by atoms with Crippen LogP contribution in [0, 0.1) is 0 Å². The second-order valence-electron chi connectivity index (χ2n) is 2.03. The van der Waals surface area contributed by atoms with Gasteiger partial charge in [0.15, 0.2) is 0 Å². The average Bonchev–Trinajstić information content (AvgIpc) is 2.02. The van der Waals surface area contributed by atoms with E-state index in [4.69, 9.17) is 25.9 Å². The third kappa shape index (κ3) is 3.78. The highest BCUT2D eigenvalue weighted by Gasteiger charge is 2.24. The number of rotatable bonds is 3. The van der Waals surface area contributed by atoms with E-state index in [0.29, 0.717) is 0 Å². The lowest BCUT2D eigenvalue weighted by Gasteiger charge is -2.12. The standard InChI is InChI=1S/C4H8N2O7/c7-2(4(9)6(12)13)1-3(8)5(10)11/h2,7,10-13H,1H2. The van der Waals surface area contributed by atoms with Gasteiger partial charge in [0.05, 0.1) is 6.42 Å². The van der Waals surface area contributed by atoms with Gasteiger partial charge in [0, 0.05) is 0 Å². The second kappa shape index (κ2) is 4.69. The molecule has 0 spiro atoms. The maximum absolute atomic E-state index is 10.4. The first-order valence-electron chi connectivity index (χ1n) is 2.96. The number of nitrogens with zero attached hydrogens (tertiary/aromatic N) is 2. The van der Waals surface area contributed by atoms with Gasteiger partial charge in [-0.25, -0.2) is 0 Å². The van der Waals surface area contributed by atoms with Crippen LogP contribution >= 0.6 is 0 Å². The summed E-state index contributed by atoms with van der Waals surface area (Å²) in [5, 5.41) is 39.3. The van der Waals surface area contributed by atoms with Crippen LogP contribution in [0.4, 0.5) is 0 Å². The minimum Gasteiger partial charge on any atom is -0.383 e. The maximum atomic E-state index is 10.4. The molecule has 0 aliphatic heterocycles. The molecule has 0 aliphatic rings. The van der Waals surface area contributed by atoms with Crippen LogP contribution in [0.3, 0.4) is 0 Å². The number of aliphatic hydroxyl groups excluding tert-OH is 1. The van der Waals surface area contributed by atoms with Crippen molar-refractivity contribution in [1.82, 2.24) is 10.5 Å². The van der Waals surface area contributed by atoms with Gasteiger partial charge in [-0.05, 0) is 0 Å². The van der Waals surface area contributed by atoms with Gasteiger partial charge >= 0.3 is 5.91 Å². The van der Waals surface area contributed by atoms with E-state index in [1.165, 1.54) is 0 Å². The molecule has 76 valence electrons. The quantitative estimate of drug-likeness (QED) is 0.258. The molecule has 0 rings (SSSR count). The van der Waals surface area contributed by atoms with Gasteiger partial charge in [-0.2, -0.15) is 0 Å². The summed E-state index contributed by atoms with van der Waals surface area (Å²) in [5.74, 6) is -2.93. The Kier molecular flexibility index (Phi) is 4.23. The molecular weight excluding hydrogens is 188 g/mol. The van der Waals surface area contributed by atoms with Crippen molar-refractivity contribution in [2.24, 2.45) is 0 Å². The number of hydroxylamine groups is 4. The van der Waals surface area contributed by atoms with Crippen molar-refractivity contribution < 1.29 is 35.5 Å². The number of carbonyl (C=O) groups is 2. The molecule has 9 nitrogen and oxygen atoms in total. The van der Waals surface area contributed by atoms with Crippen LogP contribution in [0.5, 0.6) is 0 Å². The molecule has 0 bridgehead atoms. The van der Waals surface area contributed by atoms with Crippen LogP contribution in [0.25, 0.3) is 0 Å². The monoisotopic (exact) mass is 196 g/mol. The highest BCUT2D eigenvalue weighted by atomic mass is 16.8. The topological polar surface area (TPSA) is 142 Å². The summed E-state index contributed by atoms with van der Waals surface area (Å²) < 4.78 is 0. The summed E-state index contributed by atoms with van der Waals surface area (Å²) in [6.45, 7) is 0. The van der Waals surface area contributed by atoms with Crippen molar-refractivity contribution >= 4 is 11.8 Å². The maximum Gasteiger partial charge on any atom is 0.301 e. The molecule has 0 aromatic carbocycles. The van der Waals surface area contributed by atoms with E-state index >= 15 is 0 Å². The molecule has 1 atom stereocenters. The van der Waals surface area contributed by atoms with Crippen LogP contribution in [0.1, 0.15) is 6.42 Å². The first kappa shape index (κ1) is 11.7. The summed E-state index contributed by atoms with van der Waals surface area (Å²) in [7, 11) is 0. The predicted octanol–water partition coefficient (Wildman–Crippen LogP) is -2.05. The molecule has 0 saturated heterocycles. The number of amides is 2. The van der Waals surface area contributed by atoms with Crippen LogP contribution in [0.15, 0.2) is 0 Å². The van der Waals surface area contributed by atoms with Gasteiger partial charge in [0.1, 0.15) is 6.10 Å². The molecule has 13 heavy (non-hydrogen) atoms. The van der Waals surface area contributed by atoms with E-state index in [9.17, 15) is 9.59 Å². The average molecular weight is 196 g/mol. The molecule has 5 N–H and O–H groups in total. The molecule has 0 saturated carbocycles. The highest BCUT2D eigenvalue weighted by molar-refractivity contribution is 5.85. The largest absolute Gasteiger partial charge is 0.383 e. The van der Waals surface area contributed by atoms with Crippen molar-refractivity contribution in [3.8, 4) is 0 Å². The number of hydrogen-bond donors (Lipinski definition) is 5. The fourth-order valence-electron chi connectivity index (χ4n) is 0.468. The van der Waals surface area contributed by atoms with Crippen LogP contribution in [-0.2, 0) is 9.59 Å². The van der Waals surface area contributed by atoms with E-state index in [1.807, 2.05) is 0 Å². The molecule has 9 heteroatoms. The number of hydrogen-bond acceptors (Lipinski definition) is 7. The highest BCUT2D eigenvalue weighted by Crippen LogP contribution is 1.97. The van der Waals surface area contributed by atoms with E-state index in [0.717, 1.165) is 0 Å². The smallest absolute Gasteiger partial charge is 0.301 e. The van der Waals surface area contributed by atoms with Crippen LogP contribution < -0.4 is 0 Å². The Labute approximate surface area is 71.5 Å². The molecule has 1 unspecified atom stereocenters. The summed E-state index contributed by atoms with van der Waals surface area (Å²) in [6, 6.07) is 0. The van der Waals surface area contributed by atoms with Crippen LogP contribution in [-0.4, -0.2) is 54.3 Å². The van der Waals surface area contributed by atoms with Gasteiger partial charge in [0.2, 0.25) is 0 Å². The van der Waals surface area contributed by atoms with E-state index < -0.39 is 34.8 Å². The molecule has 0 aliphatic carbocycles. The van der Waals surface area contributed by atoms with E-state index in [1.54, 1.807) is 0 Å². The fraction of sp³-hybridized carbons (Fsp3) is 0.500. The summed E-state index contributed by atoms with van der Waals surface area (Å²) in [4.78, 5) is 20.9. The summed E-state index contributed by atoms with van der Waals surface area (Å²) in [5.41, 5.74) is 0. The van der Waals surface area contributed by atoms with E-state index in [-0.39, 0.29) is 0 Å². The molecule has 0 fully saturated rings. The molecule has 0 aromatic heterocycles. The van der Waals surface area contributed by atoms with Gasteiger partial charge < -0.3 is 5.11 Å². The lowest BCUT2D eigenvalue weighted by Crippen LogP contribution is -2.38. The number of carbonyl (C=O) groups excluding carboxylic acids is 2. The molecule has 0 heterocycles. The zero-order chi connectivity index (χ0) is 10.6. The van der Waals surface area contributed by atoms with Gasteiger partial charge in [-0.1, -0.05) is 10.5 Å². The normalized spacial score (nSPS) is 12.1. The lowest BCUT2D eigenvalue weighted by atomic mass is 10.2. The van der Waals surface area contributed by atoms with Crippen molar-refractivity contribution in [2.45, 2.75) is 12.5 Å². The third-order valence-corrected chi connectivity index (χ3v) is 1.07. The zero-order valence-corrected chi connectivity index (χ0v) is 6.23. The van der Waals surface area contributed by atoms with Gasteiger partial charge in [0.25, 0.3) is 5.91 Å². The molecular formula is C4H8N2O7. The van der Waals surface area contributed by atoms with E-state index in [2.05, 4.69) is 0 Å². The second-order valence-corrected chi connectivity index (χ2v) is 2.03. The minimum atomic E-state index is -2.05. The third-order valence-electron chi connectivity index (χ3n) is 1.07.